The summed E-state index contributed by atoms with van der Waals surface area (Å²) in [4.78, 5) is 23.5. The number of hydrogen-bond donors (Lipinski definition) is 1. The minimum Gasteiger partial charge on any atom is -0.496 e. The van der Waals surface area contributed by atoms with E-state index in [2.05, 4.69) is 5.32 Å². The number of nitrogens with one attached hydrogen (secondary N) is 1. The van der Waals surface area contributed by atoms with Gasteiger partial charge >= 0.3 is 5.69 Å². The van der Waals surface area contributed by atoms with Crippen molar-refractivity contribution in [2.75, 3.05) is 26.0 Å². The van der Waals surface area contributed by atoms with E-state index in [0.717, 1.165) is 10.6 Å². The summed E-state index contributed by atoms with van der Waals surface area (Å²) in [5.74, 6) is 0.763. The van der Waals surface area contributed by atoms with Crippen molar-refractivity contribution < 1.29 is 19.2 Å². The Balaban J connectivity index is 1.76. The van der Waals surface area contributed by atoms with Crippen molar-refractivity contribution in [3.8, 4) is 11.5 Å². The zero-order chi connectivity index (χ0) is 18.9. The number of rotatable bonds is 9. The quantitative estimate of drug-likeness (QED) is 0.313. The van der Waals surface area contributed by atoms with Crippen LogP contribution in [-0.4, -0.2) is 36.8 Å². The predicted molar refractivity (Wildman–Crippen MR) is 100 cm³/mol. The number of amides is 1. The molecule has 0 saturated heterocycles. The fourth-order valence-electron chi connectivity index (χ4n) is 2.08. The minimum atomic E-state index is -0.575. The molecule has 0 atom stereocenters. The van der Waals surface area contributed by atoms with Crippen molar-refractivity contribution in [1.82, 2.24) is 5.32 Å². The van der Waals surface area contributed by atoms with Crippen LogP contribution in [0.25, 0.3) is 0 Å². The van der Waals surface area contributed by atoms with Crippen molar-refractivity contribution in [1.29, 1.82) is 0 Å². The normalized spacial score (nSPS) is 10.2. The third-order valence-electron chi connectivity index (χ3n) is 3.44. The Morgan fingerprint density at radius 3 is 2.62 bits per heavy atom. The van der Waals surface area contributed by atoms with E-state index in [1.54, 1.807) is 17.8 Å². The van der Waals surface area contributed by atoms with Gasteiger partial charge in [-0.2, -0.15) is 0 Å². The Morgan fingerprint density at radius 1 is 1.23 bits per heavy atom. The highest BCUT2D eigenvalue weighted by Crippen LogP contribution is 2.30. The largest absolute Gasteiger partial charge is 0.496 e. The number of ether oxygens (including phenoxy) is 2. The average molecular weight is 376 g/mol. The van der Waals surface area contributed by atoms with Crippen LogP contribution < -0.4 is 14.8 Å². The molecule has 0 saturated carbocycles. The lowest BCUT2D eigenvalue weighted by Gasteiger charge is -2.09. The maximum atomic E-state index is 11.8. The van der Waals surface area contributed by atoms with E-state index in [0.29, 0.717) is 12.3 Å². The van der Waals surface area contributed by atoms with Crippen LogP contribution >= 0.6 is 11.8 Å². The van der Waals surface area contributed by atoms with Crippen molar-refractivity contribution in [2.24, 2.45) is 0 Å². The number of carbonyl (C=O) groups excluding carboxylic acids is 1. The van der Waals surface area contributed by atoms with Gasteiger partial charge in [-0.3, -0.25) is 14.9 Å². The van der Waals surface area contributed by atoms with Crippen molar-refractivity contribution in [2.45, 2.75) is 11.8 Å². The molecule has 0 unspecified atom stereocenters. The first-order valence-electron chi connectivity index (χ1n) is 7.91. The van der Waals surface area contributed by atoms with E-state index in [1.807, 2.05) is 31.2 Å². The minimum absolute atomic E-state index is 0.0278. The van der Waals surface area contributed by atoms with Gasteiger partial charge in [0.2, 0.25) is 0 Å². The van der Waals surface area contributed by atoms with Crippen molar-refractivity contribution in [3.63, 3.8) is 0 Å². The second-order valence-electron chi connectivity index (χ2n) is 5.39. The van der Waals surface area contributed by atoms with E-state index in [9.17, 15) is 14.9 Å². The number of nitrogens with zero attached hydrogens (tertiary/aromatic N) is 1. The molecule has 0 heterocycles. The zero-order valence-electron chi connectivity index (χ0n) is 14.6. The molecule has 0 radical (unpaired) electrons. The predicted octanol–water partition coefficient (Wildman–Crippen LogP) is 3.20. The van der Waals surface area contributed by atoms with Gasteiger partial charge in [-0.25, -0.2) is 0 Å². The first-order valence-corrected chi connectivity index (χ1v) is 8.89. The van der Waals surface area contributed by atoms with Gasteiger partial charge < -0.3 is 14.8 Å². The molecule has 2 aromatic carbocycles. The van der Waals surface area contributed by atoms with Gasteiger partial charge in [-0.05, 0) is 31.2 Å². The lowest BCUT2D eigenvalue weighted by molar-refractivity contribution is -0.385. The van der Waals surface area contributed by atoms with E-state index in [-0.39, 0.29) is 24.0 Å². The lowest BCUT2D eigenvalue weighted by atomic mass is 10.2. The summed E-state index contributed by atoms with van der Waals surface area (Å²) in [6.45, 7) is 2.22. The molecule has 0 aliphatic carbocycles. The Labute approximate surface area is 155 Å². The molecule has 0 bridgehead atoms. The van der Waals surface area contributed by atoms with Gasteiger partial charge in [0.15, 0.2) is 12.4 Å². The topological polar surface area (TPSA) is 90.7 Å². The fraction of sp³-hybridized carbons (Fsp3) is 0.278. The van der Waals surface area contributed by atoms with Crippen LogP contribution in [0, 0.1) is 17.0 Å². The zero-order valence-corrected chi connectivity index (χ0v) is 15.4. The van der Waals surface area contributed by atoms with E-state index >= 15 is 0 Å². The molecule has 2 rings (SSSR count). The second kappa shape index (κ2) is 9.67. The smallest absolute Gasteiger partial charge is 0.314 e. The Bertz CT molecular complexity index is 765. The number of hydrogen-bond acceptors (Lipinski definition) is 6. The number of benzene rings is 2. The molecule has 0 aliphatic rings. The molecule has 7 nitrogen and oxygen atoms in total. The van der Waals surface area contributed by atoms with Crippen LogP contribution in [0.15, 0.2) is 47.4 Å². The lowest BCUT2D eigenvalue weighted by Crippen LogP contribution is -2.30. The van der Waals surface area contributed by atoms with Crippen molar-refractivity contribution >= 4 is 23.4 Å². The highest BCUT2D eigenvalue weighted by Gasteiger charge is 2.17. The molecule has 8 heteroatoms. The van der Waals surface area contributed by atoms with Gasteiger partial charge in [0.25, 0.3) is 5.91 Å². The molecule has 1 N–H and O–H groups in total. The van der Waals surface area contributed by atoms with Crippen molar-refractivity contribution in [3.05, 3.63) is 58.1 Å². The third kappa shape index (κ3) is 5.96. The number of nitro groups is 1. The second-order valence-corrected chi connectivity index (χ2v) is 6.56. The third-order valence-corrected chi connectivity index (χ3v) is 4.45. The molecular formula is C18H20N2O5S. The van der Waals surface area contributed by atoms with Gasteiger partial charge in [-0.1, -0.05) is 17.7 Å². The number of thioether (sulfide) groups is 1. The standard InChI is InChI=1S/C18H20N2O5S/c1-13-3-6-15(7-4-13)26-10-9-19-18(21)12-25-17-8-5-14(24-2)11-16(17)20(22)23/h3-8,11H,9-10,12H2,1-2H3,(H,19,21). The highest BCUT2D eigenvalue weighted by atomic mass is 32.2. The molecule has 138 valence electrons. The molecule has 2 aromatic rings. The van der Waals surface area contributed by atoms with Crippen LogP contribution in [0.1, 0.15) is 5.56 Å². The molecular weight excluding hydrogens is 356 g/mol. The molecule has 26 heavy (non-hydrogen) atoms. The molecule has 0 aliphatic heterocycles. The molecule has 0 fully saturated rings. The van der Waals surface area contributed by atoms with Gasteiger partial charge in [0.1, 0.15) is 5.75 Å². The van der Waals surface area contributed by atoms with Crippen LogP contribution in [0.5, 0.6) is 11.5 Å². The summed E-state index contributed by atoms with van der Waals surface area (Å²) in [5.41, 5.74) is 0.958. The SMILES string of the molecule is COc1ccc(OCC(=O)NCCSc2ccc(C)cc2)c([N+](=O)[O-])c1. The van der Waals surface area contributed by atoms with E-state index < -0.39 is 4.92 Å². The Kier molecular flexibility index (Phi) is 7.28. The van der Waals surface area contributed by atoms with Crippen LogP contribution in [-0.2, 0) is 4.79 Å². The Hall–Kier alpha value is -2.74. The first-order chi connectivity index (χ1) is 12.5. The summed E-state index contributed by atoms with van der Waals surface area (Å²) >= 11 is 1.64. The van der Waals surface area contributed by atoms with Crippen LogP contribution in [0.4, 0.5) is 5.69 Å². The maximum Gasteiger partial charge on any atom is 0.314 e. The highest BCUT2D eigenvalue weighted by molar-refractivity contribution is 7.99. The summed E-state index contributed by atoms with van der Waals surface area (Å²) in [5, 5.41) is 13.8. The number of carbonyl (C=O) groups is 1. The molecule has 0 spiro atoms. The summed E-state index contributed by atoms with van der Waals surface area (Å²) < 4.78 is 10.2. The summed E-state index contributed by atoms with van der Waals surface area (Å²) in [7, 11) is 1.42. The summed E-state index contributed by atoms with van der Waals surface area (Å²) in [6, 6.07) is 12.4. The van der Waals surface area contributed by atoms with Gasteiger partial charge in [0.05, 0.1) is 18.1 Å². The maximum absolute atomic E-state index is 11.8. The number of aryl methyl sites for hydroxylation is 1. The van der Waals surface area contributed by atoms with Crippen LogP contribution in [0.2, 0.25) is 0 Å². The van der Waals surface area contributed by atoms with E-state index in [4.69, 9.17) is 9.47 Å². The first kappa shape index (κ1) is 19.6. The van der Waals surface area contributed by atoms with Gasteiger partial charge in [-0.15, -0.1) is 11.8 Å². The monoisotopic (exact) mass is 376 g/mol. The van der Waals surface area contributed by atoms with E-state index in [1.165, 1.54) is 24.8 Å². The fourth-order valence-corrected chi connectivity index (χ4v) is 2.85. The number of nitro benzene ring substituents is 1. The number of methoxy groups -OCH3 is 1. The summed E-state index contributed by atoms with van der Waals surface area (Å²) in [6.07, 6.45) is 0. The van der Waals surface area contributed by atoms with Gasteiger partial charge in [0, 0.05) is 17.2 Å². The molecule has 1 amide bonds. The average Bonchev–Trinajstić information content (AvgIpc) is 2.64. The Morgan fingerprint density at radius 2 is 1.96 bits per heavy atom. The van der Waals surface area contributed by atoms with Crippen LogP contribution in [0.3, 0.4) is 0 Å². The molecule has 0 aromatic heterocycles.